The van der Waals surface area contributed by atoms with Gasteiger partial charge in [-0.25, -0.2) is 0 Å². The van der Waals surface area contributed by atoms with Crippen LogP contribution in [-0.2, 0) is 11.2 Å². The molecule has 3 rings (SSSR count). The minimum absolute atomic E-state index is 0.149. The van der Waals surface area contributed by atoms with E-state index < -0.39 is 6.04 Å². The maximum atomic E-state index is 12.3. The van der Waals surface area contributed by atoms with Gasteiger partial charge in [0.15, 0.2) is 0 Å². The molecule has 1 saturated heterocycles. The highest BCUT2D eigenvalue weighted by Crippen LogP contribution is 2.21. The molecule has 1 heterocycles. The third kappa shape index (κ3) is 4.36. The summed E-state index contributed by atoms with van der Waals surface area (Å²) in [7, 11) is 0. The fourth-order valence-corrected chi connectivity index (χ4v) is 3.10. The second-order valence-electron chi connectivity index (χ2n) is 6.38. The maximum Gasteiger partial charge on any atom is 0.241 e. The van der Waals surface area contributed by atoms with E-state index in [1.165, 1.54) is 24.9 Å². The summed E-state index contributed by atoms with van der Waals surface area (Å²) in [6.45, 7) is 2.24. The number of piperidine rings is 1. The molecule has 0 aromatic heterocycles. The van der Waals surface area contributed by atoms with Crippen molar-refractivity contribution >= 4 is 17.3 Å². The van der Waals surface area contributed by atoms with Crippen molar-refractivity contribution in [1.29, 1.82) is 0 Å². The van der Waals surface area contributed by atoms with Gasteiger partial charge in [-0.05, 0) is 55.5 Å². The Bertz CT molecular complexity index is 648. The SMILES string of the molecule is N[C@@H](Cc1ccccc1)C(=O)Nc1ccc(N2CCCCC2)cc1. The molecule has 3 N–H and O–H groups in total. The van der Waals surface area contributed by atoms with Crippen LogP contribution in [0.15, 0.2) is 54.6 Å². The van der Waals surface area contributed by atoms with Gasteiger partial charge in [-0.3, -0.25) is 4.79 Å². The first kappa shape index (κ1) is 16.5. The van der Waals surface area contributed by atoms with Gasteiger partial charge in [0.25, 0.3) is 0 Å². The van der Waals surface area contributed by atoms with Crippen LogP contribution in [0.4, 0.5) is 11.4 Å². The first-order valence-corrected chi connectivity index (χ1v) is 8.68. The molecule has 2 aromatic rings. The molecule has 1 atom stereocenters. The molecule has 126 valence electrons. The van der Waals surface area contributed by atoms with E-state index in [9.17, 15) is 4.79 Å². The molecule has 1 aliphatic heterocycles. The molecule has 0 bridgehead atoms. The summed E-state index contributed by atoms with van der Waals surface area (Å²) < 4.78 is 0. The summed E-state index contributed by atoms with van der Waals surface area (Å²) in [6, 6.07) is 17.4. The lowest BCUT2D eigenvalue weighted by atomic mass is 10.1. The molecule has 1 amide bonds. The van der Waals surface area contributed by atoms with Crippen molar-refractivity contribution < 1.29 is 4.79 Å². The third-order valence-electron chi connectivity index (χ3n) is 4.49. The van der Waals surface area contributed by atoms with E-state index in [0.29, 0.717) is 6.42 Å². The van der Waals surface area contributed by atoms with Gasteiger partial charge < -0.3 is 16.0 Å². The quantitative estimate of drug-likeness (QED) is 0.888. The highest BCUT2D eigenvalue weighted by atomic mass is 16.2. The first-order valence-electron chi connectivity index (χ1n) is 8.68. The average Bonchev–Trinajstić information content (AvgIpc) is 2.64. The summed E-state index contributed by atoms with van der Waals surface area (Å²) in [5, 5.41) is 2.91. The fraction of sp³-hybridized carbons (Fsp3) is 0.350. The normalized spacial score (nSPS) is 15.8. The zero-order valence-electron chi connectivity index (χ0n) is 13.9. The Balaban J connectivity index is 1.55. The van der Waals surface area contributed by atoms with Gasteiger partial charge in [0.1, 0.15) is 0 Å². The number of benzene rings is 2. The highest BCUT2D eigenvalue weighted by Gasteiger charge is 2.15. The lowest BCUT2D eigenvalue weighted by Gasteiger charge is -2.28. The van der Waals surface area contributed by atoms with Crippen molar-refractivity contribution in [2.75, 3.05) is 23.3 Å². The molecule has 4 nitrogen and oxygen atoms in total. The Hall–Kier alpha value is -2.33. The molecule has 0 saturated carbocycles. The summed E-state index contributed by atoms with van der Waals surface area (Å²) in [5.74, 6) is -0.149. The Labute approximate surface area is 143 Å². The Morgan fingerprint density at radius 1 is 1.00 bits per heavy atom. The van der Waals surface area contributed by atoms with Crippen LogP contribution in [0.2, 0.25) is 0 Å². The minimum Gasteiger partial charge on any atom is -0.372 e. The third-order valence-corrected chi connectivity index (χ3v) is 4.49. The van der Waals surface area contributed by atoms with Gasteiger partial charge in [-0.15, -0.1) is 0 Å². The smallest absolute Gasteiger partial charge is 0.241 e. The predicted molar refractivity (Wildman–Crippen MR) is 99.3 cm³/mol. The predicted octanol–water partition coefficient (Wildman–Crippen LogP) is 3.19. The summed E-state index contributed by atoms with van der Waals surface area (Å²) >= 11 is 0. The average molecular weight is 323 g/mol. The topological polar surface area (TPSA) is 58.4 Å². The number of anilines is 2. The zero-order valence-corrected chi connectivity index (χ0v) is 13.9. The van der Waals surface area contributed by atoms with E-state index >= 15 is 0 Å². The van der Waals surface area contributed by atoms with Crippen molar-refractivity contribution in [3.63, 3.8) is 0 Å². The van der Waals surface area contributed by atoms with Crippen LogP contribution in [0.5, 0.6) is 0 Å². The van der Waals surface area contributed by atoms with Crippen molar-refractivity contribution in [2.24, 2.45) is 5.73 Å². The zero-order chi connectivity index (χ0) is 16.8. The number of carbonyl (C=O) groups excluding carboxylic acids is 1. The van der Waals surface area contributed by atoms with Crippen molar-refractivity contribution in [3.8, 4) is 0 Å². The monoisotopic (exact) mass is 323 g/mol. The summed E-state index contributed by atoms with van der Waals surface area (Å²) in [6.07, 6.45) is 4.38. The maximum absolute atomic E-state index is 12.3. The van der Waals surface area contributed by atoms with Crippen molar-refractivity contribution in [1.82, 2.24) is 0 Å². The Morgan fingerprint density at radius 2 is 1.67 bits per heavy atom. The number of amides is 1. The molecular formula is C20H25N3O. The molecular weight excluding hydrogens is 298 g/mol. The molecule has 0 radical (unpaired) electrons. The molecule has 0 aliphatic carbocycles. The highest BCUT2D eigenvalue weighted by molar-refractivity contribution is 5.95. The van der Waals surface area contributed by atoms with E-state index in [0.717, 1.165) is 24.3 Å². The van der Waals surface area contributed by atoms with Gasteiger partial charge in [0.2, 0.25) is 5.91 Å². The molecule has 1 fully saturated rings. The van der Waals surface area contributed by atoms with Crippen LogP contribution >= 0.6 is 0 Å². The minimum atomic E-state index is -0.547. The Kier molecular flexibility index (Phi) is 5.49. The van der Waals surface area contributed by atoms with Gasteiger partial charge in [0.05, 0.1) is 6.04 Å². The van der Waals surface area contributed by atoms with Crippen LogP contribution in [0.3, 0.4) is 0 Å². The van der Waals surface area contributed by atoms with E-state index in [-0.39, 0.29) is 5.91 Å². The second kappa shape index (κ2) is 7.97. The van der Waals surface area contributed by atoms with Crippen molar-refractivity contribution in [3.05, 3.63) is 60.2 Å². The molecule has 4 heteroatoms. The lowest BCUT2D eigenvalue weighted by molar-refractivity contribution is -0.117. The number of nitrogens with two attached hydrogens (primary N) is 1. The van der Waals surface area contributed by atoms with E-state index in [4.69, 9.17) is 5.73 Å². The van der Waals surface area contributed by atoms with E-state index in [1.54, 1.807) is 0 Å². The Morgan fingerprint density at radius 3 is 2.33 bits per heavy atom. The molecule has 1 aliphatic rings. The lowest BCUT2D eigenvalue weighted by Crippen LogP contribution is -2.37. The van der Waals surface area contributed by atoms with Gasteiger partial charge in [-0.2, -0.15) is 0 Å². The van der Waals surface area contributed by atoms with Crippen LogP contribution in [0.1, 0.15) is 24.8 Å². The van der Waals surface area contributed by atoms with Gasteiger partial charge in [-0.1, -0.05) is 30.3 Å². The van der Waals surface area contributed by atoms with Crippen LogP contribution in [-0.4, -0.2) is 25.0 Å². The molecule has 2 aromatic carbocycles. The van der Waals surface area contributed by atoms with Crippen LogP contribution < -0.4 is 16.0 Å². The number of rotatable bonds is 5. The van der Waals surface area contributed by atoms with E-state index in [1.807, 2.05) is 42.5 Å². The summed E-state index contributed by atoms with van der Waals surface area (Å²) in [4.78, 5) is 14.7. The molecule has 0 unspecified atom stereocenters. The molecule has 0 spiro atoms. The number of hydrogen-bond donors (Lipinski definition) is 2. The summed E-state index contributed by atoms with van der Waals surface area (Å²) in [5.41, 5.74) is 9.11. The first-order chi connectivity index (χ1) is 11.7. The standard InChI is InChI=1S/C20H25N3O/c21-19(15-16-7-3-1-4-8-16)20(24)22-17-9-11-18(12-10-17)23-13-5-2-6-14-23/h1,3-4,7-12,19H,2,5-6,13-15,21H2,(H,22,24)/t19-/m0/s1. The van der Waals surface area contributed by atoms with E-state index in [2.05, 4.69) is 22.3 Å². The second-order valence-corrected chi connectivity index (χ2v) is 6.38. The van der Waals surface area contributed by atoms with Gasteiger partial charge >= 0.3 is 0 Å². The fourth-order valence-electron chi connectivity index (χ4n) is 3.10. The largest absolute Gasteiger partial charge is 0.372 e. The van der Waals surface area contributed by atoms with Crippen LogP contribution in [0.25, 0.3) is 0 Å². The number of hydrogen-bond acceptors (Lipinski definition) is 3. The number of nitrogens with zero attached hydrogens (tertiary/aromatic N) is 1. The number of carbonyl (C=O) groups is 1. The molecule has 24 heavy (non-hydrogen) atoms. The number of nitrogens with one attached hydrogen (secondary N) is 1. The van der Waals surface area contributed by atoms with Crippen LogP contribution in [0, 0.1) is 0 Å². The van der Waals surface area contributed by atoms with Gasteiger partial charge in [0, 0.05) is 24.5 Å². The van der Waals surface area contributed by atoms with Crippen molar-refractivity contribution in [2.45, 2.75) is 31.7 Å².